The second kappa shape index (κ2) is 5.63. The lowest BCUT2D eigenvalue weighted by atomic mass is 10.3. The largest absolute Gasteiger partial charge is 0.328 e. The number of benzene rings is 1. The van der Waals surface area contributed by atoms with Gasteiger partial charge in [0, 0.05) is 21.2 Å². The second-order valence-electron chi connectivity index (χ2n) is 3.27. The third kappa shape index (κ3) is 3.90. The van der Waals surface area contributed by atoms with E-state index in [4.69, 9.17) is 5.73 Å². The Bertz CT molecular complexity index is 310. The van der Waals surface area contributed by atoms with E-state index < -0.39 is 10.8 Å². The molecule has 0 aliphatic rings. The summed E-state index contributed by atoms with van der Waals surface area (Å²) in [7, 11) is -0.913. The minimum absolute atomic E-state index is 0.120. The first-order valence-corrected chi connectivity index (χ1v) is 6.60. The molecule has 2 atom stereocenters. The average Bonchev–Trinajstić information content (AvgIpc) is 2.15. The topological polar surface area (TPSA) is 43.1 Å². The molecule has 2 N–H and O–H groups in total. The minimum Gasteiger partial charge on any atom is -0.328 e. The van der Waals surface area contributed by atoms with Crippen LogP contribution >= 0.6 is 15.9 Å². The third-order valence-electron chi connectivity index (χ3n) is 1.84. The lowest BCUT2D eigenvalue weighted by Crippen LogP contribution is -2.17. The summed E-state index contributed by atoms with van der Waals surface area (Å²) in [5.41, 5.74) is 5.60. The van der Waals surface area contributed by atoms with Gasteiger partial charge in [0.2, 0.25) is 0 Å². The maximum atomic E-state index is 11.7. The number of halogens is 1. The van der Waals surface area contributed by atoms with Crippen molar-refractivity contribution in [2.45, 2.75) is 24.3 Å². The van der Waals surface area contributed by atoms with E-state index in [1.807, 2.05) is 31.2 Å². The standard InChI is InChI=1S/C10H14BrNOS/c1-8(12)6-7-14(13)10-4-2-9(11)3-5-10/h2-5,8H,6-7,12H2,1H3. The van der Waals surface area contributed by atoms with Gasteiger partial charge in [-0.05, 0) is 37.6 Å². The molecule has 1 rings (SSSR count). The average molecular weight is 276 g/mol. The van der Waals surface area contributed by atoms with Gasteiger partial charge in [0.15, 0.2) is 0 Å². The molecule has 78 valence electrons. The highest BCUT2D eigenvalue weighted by molar-refractivity contribution is 9.10. The molecule has 0 fully saturated rings. The zero-order valence-corrected chi connectivity index (χ0v) is 10.5. The first-order chi connectivity index (χ1) is 6.59. The molecule has 0 saturated carbocycles. The summed E-state index contributed by atoms with van der Waals surface area (Å²) in [5, 5.41) is 0. The van der Waals surface area contributed by atoms with Crippen LogP contribution in [0, 0.1) is 0 Å². The van der Waals surface area contributed by atoms with Gasteiger partial charge in [-0.2, -0.15) is 0 Å². The van der Waals surface area contributed by atoms with E-state index in [0.29, 0.717) is 5.75 Å². The van der Waals surface area contributed by atoms with E-state index in [1.54, 1.807) is 0 Å². The van der Waals surface area contributed by atoms with Crippen molar-refractivity contribution >= 4 is 26.7 Å². The van der Waals surface area contributed by atoms with Crippen LogP contribution in [0.15, 0.2) is 33.6 Å². The molecular weight excluding hydrogens is 262 g/mol. The highest BCUT2D eigenvalue weighted by Crippen LogP contribution is 2.14. The molecule has 0 aliphatic heterocycles. The van der Waals surface area contributed by atoms with E-state index >= 15 is 0 Å². The van der Waals surface area contributed by atoms with Crippen molar-refractivity contribution in [3.05, 3.63) is 28.7 Å². The molecule has 2 unspecified atom stereocenters. The van der Waals surface area contributed by atoms with Gasteiger partial charge in [0.1, 0.15) is 0 Å². The maximum absolute atomic E-state index is 11.7. The Morgan fingerprint density at radius 2 is 2.00 bits per heavy atom. The molecule has 0 saturated heterocycles. The summed E-state index contributed by atoms with van der Waals surface area (Å²) in [4.78, 5) is 0.869. The summed E-state index contributed by atoms with van der Waals surface area (Å²) in [6.45, 7) is 1.93. The van der Waals surface area contributed by atoms with E-state index in [2.05, 4.69) is 15.9 Å². The molecule has 0 aromatic heterocycles. The Hall–Kier alpha value is -0.190. The van der Waals surface area contributed by atoms with Crippen LogP contribution in [0.3, 0.4) is 0 Å². The van der Waals surface area contributed by atoms with Crippen molar-refractivity contribution in [2.75, 3.05) is 5.75 Å². The van der Waals surface area contributed by atoms with Crippen molar-refractivity contribution in [3.8, 4) is 0 Å². The molecule has 0 bridgehead atoms. The van der Waals surface area contributed by atoms with Crippen LogP contribution in [0.1, 0.15) is 13.3 Å². The first kappa shape index (κ1) is 11.9. The first-order valence-electron chi connectivity index (χ1n) is 4.49. The van der Waals surface area contributed by atoms with Gasteiger partial charge in [-0.3, -0.25) is 4.21 Å². The van der Waals surface area contributed by atoms with Gasteiger partial charge in [0.25, 0.3) is 0 Å². The van der Waals surface area contributed by atoms with Gasteiger partial charge < -0.3 is 5.73 Å². The Morgan fingerprint density at radius 3 is 2.50 bits per heavy atom. The van der Waals surface area contributed by atoms with Crippen LogP contribution in [0.4, 0.5) is 0 Å². The molecular formula is C10H14BrNOS. The van der Waals surface area contributed by atoms with E-state index in [-0.39, 0.29) is 6.04 Å². The fraction of sp³-hybridized carbons (Fsp3) is 0.400. The third-order valence-corrected chi connectivity index (χ3v) is 3.77. The monoisotopic (exact) mass is 275 g/mol. The second-order valence-corrected chi connectivity index (χ2v) is 5.76. The van der Waals surface area contributed by atoms with Crippen LogP contribution < -0.4 is 5.73 Å². The zero-order chi connectivity index (χ0) is 10.6. The van der Waals surface area contributed by atoms with Crippen molar-refractivity contribution in [1.29, 1.82) is 0 Å². The Labute approximate surface area is 95.5 Å². The molecule has 0 aliphatic carbocycles. The molecule has 1 aromatic rings. The number of rotatable bonds is 4. The van der Waals surface area contributed by atoms with E-state index in [9.17, 15) is 4.21 Å². The highest BCUT2D eigenvalue weighted by atomic mass is 79.9. The molecule has 4 heteroatoms. The van der Waals surface area contributed by atoms with Gasteiger partial charge in [-0.1, -0.05) is 15.9 Å². The molecule has 0 spiro atoms. The fourth-order valence-corrected chi connectivity index (χ4v) is 2.52. The van der Waals surface area contributed by atoms with E-state index in [0.717, 1.165) is 15.8 Å². The fourth-order valence-electron chi connectivity index (χ4n) is 0.997. The maximum Gasteiger partial charge on any atom is 0.0530 e. The van der Waals surface area contributed by atoms with Crippen molar-refractivity contribution in [1.82, 2.24) is 0 Å². The zero-order valence-electron chi connectivity index (χ0n) is 8.07. The number of nitrogens with two attached hydrogens (primary N) is 1. The predicted molar refractivity (Wildman–Crippen MR) is 63.7 cm³/mol. The van der Waals surface area contributed by atoms with Crippen LogP contribution in [0.5, 0.6) is 0 Å². The van der Waals surface area contributed by atoms with Crippen LogP contribution in [0.2, 0.25) is 0 Å². The minimum atomic E-state index is -0.913. The van der Waals surface area contributed by atoms with Crippen LogP contribution in [-0.2, 0) is 10.8 Å². The number of hydrogen-bond donors (Lipinski definition) is 1. The Kier molecular flexibility index (Phi) is 4.78. The molecule has 1 aromatic carbocycles. The van der Waals surface area contributed by atoms with Gasteiger partial charge >= 0.3 is 0 Å². The Morgan fingerprint density at radius 1 is 1.43 bits per heavy atom. The summed E-state index contributed by atoms with van der Waals surface area (Å²) < 4.78 is 12.7. The SMILES string of the molecule is CC(N)CCS(=O)c1ccc(Br)cc1. The number of hydrogen-bond acceptors (Lipinski definition) is 2. The van der Waals surface area contributed by atoms with Crippen molar-refractivity contribution < 1.29 is 4.21 Å². The van der Waals surface area contributed by atoms with Crippen LogP contribution in [-0.4, -0.2) is 16.0 Å². The van der Waals surface area contributed by atoms with E-state index in [1.165, 1.54) is 0 Å². The quantitative estimate of drug-likeness (QED) is 0.917. The molecule has 14 heavy (non-hydrogen) atoms. The lowest BCUT2D eigenvalue weighted by Gasteiger charge is -2.04. The van der Waals surface area contributed by atoms with Gasteiger partial charge in [0.05, 0.1) is 10.8 Å². The summed E-state index contributed by atoms with van der Waals surface area (Å²) in [6.07, 6.45) is 0.794. The van der Waals surface area contributed by atoms with Gasteiger partial charge in [-0.15, -0.1) is 0 Å². The summed E-state index contributed by atoms with van der Waals surface area (Å²) in [5.74, 6) is 0.638. The smallest absolute Gasteiger partial charge is 0.0530 e. The normalized spacial score (nSPS) is 15.1. The molecule has 2 nitrogen and oxygen atoms in total. The molecule has 0 radical (unpaired) electrons. The van der Waals surface area contributed by atoms with Crippen LogP contribution in [0.25, 0.3) is 0 Å². The molecule has 0 amide bonds. The lowest BCUT2D eigenvalue weighted by molar-refractivity contribution is 0.668. The summed E-state index contributed by atoms with van der Waals surface area (Å²) >= 11 is 3.34. The van der Waals surface area contributed by atoms with Gasteiger partial charge in [-0.25, -0.2) is 0 Å². The highest BCUT2D eigenvalue weighted by Gasteiger charge is 2.04. The Balaban J connectivity index is 2.57. The van der Waals surface area contributed by atoms with Crippen molar-refractivity contribution in [3.63, 3.8) is 0 Å². The predicted octanol–water partition coefficient (Wildman–Crippen LogP) is 2.29. The molecule has 0 heterocycles. The summed E-state index contributed by atoms with van der Waals surface area (Å²) in [6, 6.07) is 7.68. The van der Waals surface area contributed by atoms with Crippen molar-refractivity contribution in [2.24, 2.45) is 5.73 Å².